The Bertz CT molecular complexity index is 476. The van der Waals surface area contributed by atoms with Gasteiger partial charge >= 0.3 is 0 Å². The summed E-state index contributed by atoms with van der Waals surface area (Å²) < 4.78 is 1.94. The molecule has 0 bridgehead atoms. The average Bonchev–Trinajstić information content (AvgIpc) is 3.00. The van der Waals surface area contributed by atoms with E-state index in [9.17, 15) is 0 Å². The van der Waals surface area contributed by atoms with Crippen LogP contribution in [0, 0.1) is 0 Å². The van der Waals surface area contributed by atoms with E-state index >= 15 is 0 Å². The van der Waals surface area contributed by atoms with Gasteiger partial charge in [-0.15, -0.1) is 0 Å². The van der Waals surface area contributed by atoms with Crippen molar-refractivity contribution in [1.29, 1.82) is 0 Å². The molecular weight excluding hydrogens is 214 g/mol. The molecule has 1 aromatic carbocycles. The van der Waals surface area contributed by atoms with Gasteiger partial charge in [0.25, 0.3) is 0 Å². The topological polar surface area (TPSA) is 60.0 Å². The Hall–Kier alpha value is -2.04. The highest BCUT2D eigenvalue weighted by Gasteiger charge is 2.24. The smallest absolute Gasteiger partial charge is 0.137 e. The van der Waals surface area contributed by atoms with E-state index < -0.39 is 0 Å². The third kappa shape index (κ3) is 1.95. The van der Waals surface area contributed by atoms with Crippen molar-refractivity contribution in [3.63, 3.8) is 0 Å². The minimum Gasteiger partial charge on any atom is -0.399 e. The minimum absolute atomic E-state index is 0.426. The van der Waals surface area contributed by atoms with E-state index in [1.165, 1.54) is 5.69 Å². The second kappa shape index (κ2) is 4.08. The van der Waals surface area contributed by atoms with Gasteiger partial charge in [0.05, 0.1) is 6.04 Å². The third-order valence-electron chi connectivity index (χ3n) is 3.23. The van der Waals surface area contributed by atoms with E-state index in [-0.39, 0.29) is 0 Å². The Balaban J connectivity index is 1.74. The molecule has 0 radical (unpaired) electrons. The molecule has 5 heteroatoms. The molecule has 88 valence electrons. The summed E-state index contributed by atoms with van der Waals surface area (Å²) in [7, 11) is 0. The Morgan fingerprint density at radius 3 is 2.76 bits per heavy atom. The summed E-state index contributed by atoms with van der Waals surface area (Å²) >= 11 is 0. The first-order valence-corrected chi connectivity index (χ1v) is 5.77. The molecule has 3 rings (SSSR count). The van der Waals surface area contributed by atoms with E-state index in [1.807, 2.05) is 16.8 Å². The van der Waals surface area contributed by atoms with Crippen LogP contribution in [0.2, 0.25) is 0 Å². The lowest BCUT2D eigenvalue weighted by atomic mass is 10.2. The number of aromatic nitrogens is 3. The van der Waals surface area contributed by atoms with E-state index in [1.54, 1.807) is 12.7 Å². The fraction of sp³-hybridized carbons (Fsp3) is 0.333. The normalized spacial score (nSPS) is 19.8. The van der Waals surface area contributed by atoms with Crippen LogP contribution in [0.4, 0.5) is 11.4 Å². The Morgan fingerprint density at radius 1 is 1.24 bits per heavy atom. The second-order valence-corrected chi connectivity index (χ2v) is 4.36. The fourth-order valence-electron chi connectivity index (χ4n) is 2.28. The number of nitrogens with two attached hydrogens (primary N) is 1. The molecule has 2 N–H and O–H groups in total. The Labute approximate surface area is 99.9 Å². The Kier molecular flexibility index (Phi) is 2.44. The molecule has 1 atom stereocenters. The summed E-state index contributed by atoms with van der Waals surface area (Å²) in [5, 5.41) is 4.20. The lowest BCUT2D eigenvalue weighted by Crippen LogP contribution is -2.20. The molecule has 0 amide bonds. The molecule has 1 unspecified atom stereocenters. The first-order chi connectivity index (χ1) is 8.33. The van der Waals surface area contributed by atoms with Gasteiger partial charge in [0.2, 0.25) is 0 Å². The van der Waals surface area contributed by atoms with Crippen LogP contribution in [0.1, 0.15) is 12.5 Å². The molecule has 0 aliphatic carbocycles. The quantitative estimate of drug-likeness (QED) is 0.789. The van der Waals surface area contributed by atoms with Gasteiger partial charge in [-0.2, -0.15) is 5.10 Å². The van der Waals surface area contributed by atoms with Gasteiger partial charge in [0, 0.05) is 24.5 Å². The zero-order chi connectivity index (χ0) is 11.7. The molecule has 1 aliphatic rings. The van der Waals surface area contributed by atoms with Crippen LogP contribution in [-0.2, 0) is 0 Å². The first-order valence-electron chi connectivity index (χ1n) is 5.77. The lowest BCUT2D eigenvalue weighted by Gasteiger charge is -2.18. The van der Waals surface area contributed by atoms with Crippen molar-refractivity contribution in [1.82, 2.24) is 14.8 Å². The predicted molar refractivity (Wildman–Crippen MR) is 66.7 cm³/mol. The summed E-state index contributed by atoms with van der Waals surface area (Å²) in [5.41, 5.74) is 7.72. The zero-order valence-corrected chi connectivity index (χ0v) is 9.53. The van der Waals surface area contributed by atoms with Gasteiger partial charge in [0.1, 0.15) is 12.7 Å². The highest BCUT2D eigenvalue weighted by molar-refractivity contribution is 5.53. The number of hydrogen-bond acceptors (Lipinski definition) is 4. The Morgan fingerprint density at radius 2 is 2.06 bits per heavy atom. The van der Waals surface area contributed by atoms with Crippen LogP contribution in [-0.4, -0.2) is 27.9 Å². The molecule has 1 fully saturated rings. The van der Waals surface area contributed by atoms with Crippen LogP contribution in [0.15, 0.2) is 36.9 Å². The number of nitrogen functional groups attached to an aromatic ring is 1. The summed E-state index contributed by atoms with van der Waals surface area (Å²) in [6.45, 7) is 2.03. The fourth-order valence-corrected chi connectivity index (χ4v) is 2.28. The summed E-state index contributed by atoms with van der Waals surface area (Å²) in [6.07, 6.45) is 4.48. The molecule has 1 aromatic heterocycles. The SMILES string of the molecule is Nc1ccc(N2CCC(n3cncn3)C2)cc1. The van der Waals surface area contributed by atoms with Crippen molar-refractivity contribution in [2.75, 3.05) is 23.7 Å². The molecule has 1 aliphatic heterocycles. The van der Waals surface area contributed by atoms with Gasteiger partial charge < -0.3 is 10.6 Å². The van der Waals surface area contributed by atoms with E-state index in [0.29, 0.717) is 6.04 Å². The molecule has 17 heavy (non-hydrogen) atoms. The number of anilines is 2. The maximum absolute atomic E-state index is 5.69. The molecule has 5 nitrogen and oxygen atoms in total. The molecule has 1 saturated heterocycles. The van der Waals surface area contributed by atoms with Crippen molar-refractivity contribution >= 4 is 11.4 Å². The maximum atomic E-state index is 5.69. The average molecular weight is 229 g/mol. The van der Waals surface area contributed by atoms with Crippen LogP contribution < -0.4 is 10.6 Å². The largest absolute Gasteiger partial charge is 0.399 e. The van der Waals surface area contributed by atoms with Crippen LogP contribution in [0.3, 0.4) is 0 Å². The molecule has 2 aromatic rings. The second-order valence-electron chi connectivity index (χ2n) is 4.36. The maximum Gasteiger partial charge on any atom is 0.137 e. The van der Waals surface area contributed by atoms with Crippen molar-refractivity contribution in [3.8, 4) is 0 Å². The monoisotopic (exact) mass is 229 g/mol. The standard InChI is InChI=1S/C12H15N5/c13-10-1-3-11(4-2-10)16-6-5-12(7-16)17-9-14-8-15-17/h1-4,8-9,12H,5-7,13H2. The van der Waals surface area contributed by atoms with Gasteiger partial charge in [-0.1, -0.05) is 0 Å². The third-order valence-corrected chi connectivity index (χ3v) is 3.23. The van der Waals surface area contributed by atoms with E-state index in [0.717, 1.165) is 25.2 Å². The lowest BCUT2D eigenvalue weighted by molar-refractivity contribution is 0.493. The van der Waals surface area contributed by atoms with Crippen LogP contribution in [0.5, 0.6) is 0 Å². The number of rotatable bonds is 2. The highest BCUT2D eigenvalue weighted by atomic mass is 15.4. The van der Waals surface area contributed by atoms with Crippen molar-refractivity contribution < 1.29 is 0 Å². The summed E-state index contributed by atoms with van der Waals surface area (Å²) in [5.74, 6) is 0. The van der Waals surface area contributed by atoms with E-state index in [4.69, 9.17) is 5.73 Å². The number of benzene rings is 1. The number of hydrogen-bond donors (Lipinski definition) is 1. The summed E-state index contributed by atoms with van der Waals surface area (Å²) in [6, 6.07) is 8.45. The molecule has 0 saturated carbocycles. The minimum atomic E-state index is 0.426. The number of nitrogens with zero attached hydrogens (tertiary/aromatic N) is 4. The van der Waals surface area contributed by atoms with E-state index in [2.05, 4.69) is 27.1 Å². The van der Waals surface area contributed by atoms with Crippen molar-refractivity contribution in [2.45, 2.75) is 12.5 Å². The van der Waals surface area contributed by atoms with Crippen molar-refractivity contribution in [3.05, 3.63) is 36.9 Å². The van der Waals surface area contributed by atoms with Gasteiger partial charge in [-0.25, -0.2) is 9.67 Å². The van der Waals surface area contributed by atoms with Gasteiger partial charge in [-0.05, 0) is 30.7 Å². The zero-order valence-electron chi connectivity index (χ0n) is 9.53. The van der Waals surface area contributed by atoms with Gasteiger partial charge in [0.15, 0.2) is 0 Å². The molecule has 2 heterocycles. The predicted octanol–water partition coefficient (Wildman–Crippen LogP) is 1.31. The van der Waals surface area contributed by atoms with Gasteiger partial charge in [-0.3, -0.25) is 0 Å². The van der Waals surface area contributed by atoms with Crippen molar-refractivity contribution in [2.24, 2.45) is 0 Å². The molecular formula is C12H15N5. The highest BCUT2D eigenvalue weighted by Crippen LogP contribution is 2.26. The molecule has 0 spiro atoms. The first kappa shape index (κ1) is 10.1. The summed E-state index contributed by atoms with van der Waals surface area (Å²) in [4.78, 5) is 6.35. The van der Waals surface area contributed by atoms with Crippen LogP contribution in [0.25, 0.3) is 0 Å². The van der Waals surface area contributed by atoms with Crippen LogP contribution >= 0.6 is 0 Å².